The lowest BCUT2D eigenvalue weighted by atomic mass is 9.99. The fourth-order valence-electron chi connectivity index (χ4n) is 2.40. The van der Waals surface area contributed by atoms with Crippen molar-refractivity contribution in [1.29, 1.82) is 0 Å². The molecule has 0 aliphatic rings. The molecule has 0 saturated carbocycles. The molecule has 2 rings (SSSR count). The molecule has 3 N–H and O–H groups in total. The average Bonchev–Trinajstić information content (AvgIpc) is 2.37. The van der Waals surface area contributed by atoms with E-state index in [9.17, 15) is 0 Å². The van der Waals surface area contributed by atoms with Crippen LogP contribution in [-0.2, 0) is 6.42 Å². The second-order valence-corrected chi connectivity index (χ2v) is 4.84. The normalized spacial score (nSPS) is 10.6. The molecular formula is C15H20N4. The Morgan fingerprint density at radius 2 is 1.68 bits per heavy atom. The number of nitrogen functional groups attached to an aromatic ring is 1. The minimum absolute atomic E-state index is 0.654. The first kappa shape index (κ1) is 13.5. The van der Waals surface area contributed by atoms with E-state index in [1.54, 1.807) is 0 Å². The number of rotatable bonds is 3. The van der Waals surface area contributed by atoms with E-state index in [1.165, 1.54) is 16.7 Å². The van der Waals surface area contributed by atoms with Gasteiger partial charge < -0.3 is 5.43 Å². The predicted octanol–water partition coefficient (Wildman–Crippen LogP) is 2.92. The number of nitrogens with one attached hydrogen (secondary N) is 1. The molecule has 0 saturated heterocycles. The smallest absolute Gasteiger partial charge is 0.162 e. The van der Waals surface area contributed by atoms with Gasteiger partial charge in [-0.3, -0.25) is 0 Å². The summed E-state index contributed by atoms with van der Waals surface area (Å²) >= 11 is 0. The molecule has 0 amide bonds. The van der Waals surface area contributed by atoms with Gasteiger partial charge in [-0.05, 0) is 38.3 Å². The molecule has 0 unspecified atom stereocenters. The number of nitrogens with zero attached hydrogens (tertiary/aromatic N) is 2. The highest BCUT2D eigenvalue weighted by atomic mass is 15.3. The first-order valence-electron chi connectivity index (χ1n) is 6.48. The molecule has 2 aromatic rings. The summed E-state index contributed by atoms with van der Waals surface area (Å²) in [6, 6.07) is 6.18. The summed E-state index contributed by atoms with van der Waals surface area (Å²) in [6.07, 6.45) is 0.855. The zero-order valence-electron chi connectivity index (χ0n) is 11.9. The van der Waals surface area contributed by atoms with Gasteiger partial charge in [0, 0.05) is 17.3 Å². The van der Waals surface area contributed by atoms with Crippen LogP contribution >= 0.6 is 0 Å². The number of anilines is 1. The van der Waals surface area contributed by atoms with Crippen molar-refractivity contribution in [3.05, 3.63) is 40.6 Å². The van der Waals surface area contributed by atoms with E-state index in [4.69, 9.17) is 5.84 Å². The fourth-order valence-corrected chi connectivity index (χ4v) is 2.40. The molecule has 0 aliphatic carbocycles. The molecule has 1 aromatic carbocycles. The molecule has 4 heteroatoms. The van der Waals surface area contributed by atoms with Gasteiger partial charge in [-0.1, -0.05) is 24.6 Å². The van der Waals surface area contributed by atoms with E-state index in [1.807, 2.05) is 6.07 Å². The van der Waals surface area contributed by atoms with Crippen molar-refractivity contribution in [1.82, 2.24) is 9.97 Å². The molecule has 100 valence electrons. The number of hydrogen-bond donors (Lipinski definition) is 2. The van der Waals surface area contributed by atoms with Crippen LogP contribution in [0.3, 0.4) is 0 Å². The zero-order chi connectivity index (χ0) is 14.0. The molecule has 19 heavy (non-hydrogen) atoms. The lowest BCUT2D eigenvalue weighted by molar-refractivity contribution is 0.998. The first-order valence-corrected chi connectivity index (χ1v) is 6.48. The van der Waals surface area contributed by atoms with Gasteiger partial charge in [0.25, 0.3) is 0 Å². The number of aromatic nitrogens is 2. The average molecular weight is 256 g/mol. The predicted molar refractivity (Wildman–Crippen MR) is 78.9 cm³/mol. The Kier molecular flexibility index (Phi) is 3.81. The molecular weight excluding hydrogens is 236 g/mol. The van der Waals surface area contributed by atoms with Gasteiger partial charge in [-0.25, -0.2) is 15.8 Å². The van der Waals surface area contributed by atoms with E-state index in [0.29, 0.717) is 5.82 Å². The van der Waals surface area contributed by atoms with Crippen LogP contribution in [0.4, 0.5) is 5.82 Å². The minimum atomic E-state index is 0.654. The summed E-state index contributed by atoms with van der Waals surface area (Å²) in [4.78, 5) is 9.09. The van der Waals surface area contributed by atoms with Crippen LogP contribution in [-0.4, -0.2) is 9.97 Å². The summed E-state index contributed by atoms with van der Waals surface area (Å²) in [5.41, 5.74) is 8.32. The maximum absolute atomic E-state index is 5.48. The van der Waals surface area contributed by atoms with Gasteiger partial charge in [0.2, 0.25) is 0 Å². The van der Waals surface area contributed by atoms with Crippen LogP contribution in [0.1, 0.15) is 29.3 Å². The monoisotopic (exact) mass is 256 g/mol. The Labute approximate surface area is 114 Å². The van der Waals surface area contributed by atoms with Gasteiger partial charge in [0.1, 0.15) is 5.82 Å². The molecule has 1 heterocycles. The van der Waals surface area contributed by atoms with Crippen molar-refractivity contribution >= 4 is 5.82 Å². The number of hydrogen-bond acceptors (Lipinski definition) is 4. The number of nitrogens with two attached hydrogens (primary N) is 1. The quantitative estimate of drug-likeness (QED) is 0.654. The highest BCUT2D eigenvalue weighted by Crippen LogP contribution is 2.26. The minimum Gasteiger partial charge on any atom is -0.308 e. The van der Waals surface area contributed by atoms with E-state index in [0.717, 1.165) is 23.5 Å². The number of hydrazine groups is 1. The topological polar surface area (TPSA) is 63.8 Å². The summed E-state index contributed by atoms with van der Waals surface area (Å²) in [6.45, 7) is 8.35. The van der Waals surface area contributed by atoms with Crippen molar-refractivity contribution in [3.63, 3.8) is 0 Å². The molecule has 4 nitrogen and oxygen atoms in total. The SMILES string of the molecule is CCc1cc(NN)nc(-c2c(C)cc(C)cc2C)n1. The van der Waals surface area contributed by atoms with Crippen molar-refractivity contribution in [2.45, 2.75) is 34.1 Å². The maximum atomic E-state index is 5.48. The Morgan fingerprint density at radius 3 is 2.21 bits per heavy atom. The lowest BCUT2D eigenvalue weighted by Gasteiger charge is -2.12. The molecule has 0 aliphatic heterocycles. The Morgan fingerprint density at radius 1 is 1.05 bits per heavy atom. The molecule has 0 bridgehead atoms. The lowest BCUT2D eigenvalue weighted by Crippen LogP contribution is -2.11. The molecule has 0 radical (unpaired) electrons. The van der Waals surface area contributed by atoms with Gasteiger partial charge in [0.05, 0.1) is 0 Å². The summed E-state index contributed by atoms with van der Waals surface area (Å²) in [5, 5.41) is 0. The van der Waals surface area contributed by atoms with E-state index >= 15 is 0 Å². The van der Waals surface area contributed by atoms with E-state index in [2.05, 4.69) is 55.2 Å². The largest absolute Gasteiger partial charge is 0.308 e. The first-order chi connectivity index (χ1) is 9.05. The molecule has 0 fully saturated rings. The Balaban J connectivity index is 2.64. The highest BCUT2D eigenvalue weighted by molar-refractivity contribution is 5.66. The van der Waals surface area contributed by atoms with Crippen LogP contribution in [0.2, 0.25) is 0 Å². The number of aryl methyl sites for hydroxylation is 4. The highest BCUT2D eigenvalue weighted by Gasteiger charge is 2.11. The van der Waals surface area contributed by atoms with Crippen molar-refractivity contribution in [3.8, 4) is 11.4 Å². The second-order valence-electron chi connectivity index (χ2n) is 4.84. The van der Waals surface area contributed by atoms with Crippen LogP contribution < -0.4 is 11.3 Å². The van der Waals surface area contributed by atoms with Gasteiger partial charge in [-0.15, -0.1) is 0 Å². The standard InChI is InChI=1S/C15H20N4/c1-5-12-8-13(19-16)18-15(17-12)14-10(3)6-9(2)7-11(14)4/h6-8H,5,16H2,1-4H3,(H,17,18,19). The molecule has 0 atom stereocenters. The van der Waals surface area contributed by atoms with Crippen molar-refractivity contribution < 1.29 is 0 Å². The molecule has 0 spiro atoms. The van der Waals surface area contributed by atoms with E-state index < -0.39 is 0 Å². The van der Waals surface area contributed by atoms with Crippen LogP contribution in [0.5, 0.6) is 0 Å². The number of benzene rings is 1. The fraction of sp³-hybridized carbons (Fsp3) is 0.333. The van der Waals surface area contributed by atoms with E-state index in [-0.39, 0.29) is 0 Å². The van der Waals surface area contributed by atoms with Gasteiger partial charge in [-0.2, -0.15) is 0 Å². The Bertz CT molecular complexity index is 560. The van der Waals surface area contributed by atoms with Crippen LogP contribution in [0, 0.1) is 20.8 Å². The zero-order valence-corrected chi connectivity index (χ0v) is 11.9. The van der Waals surface area contributed by atoms with Crippen LogP contribution in [0.15, 0.2) is 18.2 Å². The Hall–Kier alpha value is -1.94. The van der Waals surface area contributed by atoms with Crippen molar-refractivity contribution in [2.75, 3.05) is 5.43 Å². The van der Waals surface area contributed by atoms with Gasteiger partial charge >= 0.3 is 0 Å². The third-order valence-electron chi connectivity index (χ3n) is 3.19. The summed E-state index contributed by atoms with van der Waals surface area (Å²) < 4.78 is 0. The third-order valence-corrected chi connectivity index (χ3v) is 3.19. The van der Waals surface area contributed by atoms with Crippen LogP contribution in [0.25, 0.3) is 11.4 Å². The summed E-state index contributed by atoms with van der Waals surface area (Å²) in [5.74, 6) is 6.87. The third kappa shape index (κ3) is 2.74. The van der Waals surface area contributed by atoms with Gasteiger partial charge in [0.15, 0.2) is 5.82 Å². The second kappa shape index (κ2) is 5.36. The molecule has 1 aromatic heterocycles. The summed E-state index contributed by atoms with van der Waals surface area (Å²) in [7, 11) is 0. The maximum Gasteiger partial charge on any atom is 0.162 e. The van der Waals surface area contributed by atoms with Crippen molar-refractivity contribution in [2.24, 2.45) is 5.84 Å².